The van der Waals surface area contributed by atoms with E-state index in [4.69, 9.17) is 0 Å². The van der Waals surface area contributed by atoms with Crippen molar-refractivity contribution in [3.8, 4) is 0 Å². The van der Waals surface area contributed by atoms with Gasteiger partial charge in [-0.05, 0) is 41.9 Å². The van der Waals surface area contributed by atoms with Crippen LogP contribution >= 0.6 is 22.6 Å². The molecule has 1 rings (SSSR count). The van der Waals surface area contributed by atoms with E-state index >= 15 is 0 Å². The van der Waals surface area contributed by atoms with Gasteiger partial charge in [0.15, 0.2) is 0 Å². The van der Waals surface area contributed by atoms with Crippen LogP contribution in [0.15, 0.2) is 0 Å². The lowest BCUT2D eigenvalue weighted by molar-refractivity contribution is -0.923. The van der Waals surface area contributed by atoms with E-state index in [2.05, 4.69) is 36.4 Å². The van der Waals surface area contributed by atoms with Gasteiger partial charge in [0, 0.05) is 19.3 Å². The van der Waals surface area contributed by atoms with E-state index in [0.717, 1.165) is 4.05 Å². The summed E-state index contributed by atoms with van der Waals surface area (Å²) in [4.78, 5) is 0. The van der Waals surface area contributed by atoms with Gasteiger partial charge in [0.1, 0.15) is 4.05 Å². The van der Waals surface area contributed by atoms with Crippen LogP contribution in [-0.4, -0.2) is 28.2 Å². The zero-order chi connectivity index (χ0) is 19.6. The van der Waals surface area contributed by atoms with Crippen molar-refractivity contribution in [3.63, 3.8) is 0 Å². The van der Waals surface area contributed by atoms with E-state index in [1.165, 1.54) is 146 Å². The average Bonchev–Trinajstić information content (AvgIpc) is 3.16. The number of likely N-dealkylation sites (tertiary alicyclic amines) is 1. The third-order valence-corrected chi connectivity index (χ3v) is 8.61. The molecular formula is C25H51IN+. The number of alkyl halides is 1. The van der Waals surface area contributed by atoms with Crippen LogP contribution in [0.3, 0.4) is 0 Å². The van der Waals surface area contributed by atoms with Crippen molar-refractivity contribution in [1.82, 2.24) is 0 Å². The molecule has 1 unspecified atom stereocenters. The van der Waals surface area contributed by atoms with Crippen molar-refractivity contribution in [2.24, 2.45) is 0 Å². The molecule has 1 atom stereocenters. The zero-order valence-electron chi connectivity index (χ0n) is 19.0. The summed E-state index contributed by atoms with van der Waals surface area (Å²) < 4.78 is 2.34. The van der Waals surface area contributed by atoms with Crippen molar-refractivity contribution < 1.29 is 4.48 Å². The Morgan fingerprint density at radius 1 is 0.593 bits per heavy atom. The van der Waals surface area contributed by atoms with Crippen molar-refractivity contribution in [2.75, 3.05) is 19.6 Å². The lowest BCUT2D eigenvalue weighted by Crippen LogP contribution is -2.51. The molecule has 0 N–H and O–H groups in total. The lowest BCUT2D eigenvalue weighted by Gasteiger charge is -2.39. The first-order chi connectivity index (χ1) is 13.2. The third-order valence-electron chi connectivity index (χ3n) is 6.80. The van der Waals surface area contributed by atoms with Gasteiger partial charge in [0.05, 0.1) is 19.6 Å². The monoisotopic (exact) mass is 492 g/mol. The Morgan fingerprint density at radius 3 is 1.48 bits per heavy atom. The van der Waals surface area contributed by atoms with Crippen LogP contribution in [0.2, 0.25) is 0 Å². The second-order valence-electron chi connectivity index (χ2n) is 9.27. The molecule has 1 aliphatic rings. The highest BCUT2D eigenvalue weighted by molar-refractivity contribution is 14.1. The van der Waals surface area contributed by atoms with Crippen LogP contribution in [0, 0.1) is 0 Å². The van der Waals surface area contributed by atoms with Gasteiger partial charge in [-0.25, -0.2) is 0 Å². The minimum Gasteiger partial charge on any atom is -0.313 e. The van der Waals surface area contributed by atoms with Crippen LogP contribution in [0.4, 0.5) is 0 Å². The quantitative estimate of drug-likeness (QED) is 0.0555. The SMILES string of the molecule is CCCCCCCCCCCCCCC(I)[N+]1(CCCCCC)CCCC1. The summed E-state index contributed by atoms with van der Waals surface area (Å²) in [7, 11) is 0. The smallest absolute Gasteiger partial charge is 0.139 e. The van der Waals surface area contributed by atoms with Crippen LogP contribution < -0.4 is 0 Å². The van der Waals surface area contributed by atoms with E-state index in [9.17, 15) is 0 Å². The number of hydrogen-bond donors (Lipinski definition) is 0. The lowest BCUT2D eigenvalue weighted by atomic mass is 10.0. The maximum absolute atomic E-state index is 2.82. The average molecular weight is 493 g/mol. The first-order valence-corrected chi connectivity index (χ1v) is 14.0. The molecule has 27 heavy (non-hydrogen) atoms. The van der Waals surface area contributed by atoms with E-state index in [-0.39, 0.29) is 0 Å². The van der Waals surface area contributed by atoms with Crippen LogP contribution in [0.5, 0.6) is 0 Å². The molecule has 0 saturated carbocycles. The molecule has 0 spiro atoms. The summed E-state index contributed by atoms with van der Waals surface area (Å²) in [6, 6.07) is 0. The summed E-state index contributed by atoms with van der Waals surface area (Å²) in [5, 5.41) is 0. The van der Waals surface area contributed by atoms with Gasteiger partial charge >= 0.3 is 0 Å². The summed E-state index contributed by atoms with van der Waals surface area (Å²) in [6.07, 6.45) is 27.7. The standard InChI is InChI=1S/C25H51IN/c1-3-5-7-9-10-11-12-13-14-15-16-17-21-25(26)27(23-19-20-24-27)22-18-8-6-4-2/h25H,3-24H2,1-2H3/q+1. The summed E-state index contributed by atoms with van der Waals surface area (Å²) in [5.74, 6) is 0. The minimum atomic E-state index is 0.884. The fourth-order valence-electron chi connectivity index (χ4n) is 4.89. The summed E-state index contributed by atoms with van der Waals surface area (Å²) in [5.41, 5.74) is 0. The molecule has 1 fully saturated rings. The molecule has 1 heterocycles. The van der Waals surface area contributed by atoms with Crippen molar-refractivity contribution in [2.45, 2.75) is 140 Å². The Morgan fingerprint density at radius 2 is 1.00 bits per heavy atom. The Hall–Kier alpha value is 0.690. The molecule has 0 aromatic heterocycles. The minimum absolute atomic E-state index is 0.884. The number of quaternary nitrogens is 1. The van der Waals surface area contributed by atoms with Gasteiger partial charge in [0.2, 0.25) is 0 Å². The molecule has 0 bridgehead atoms. The van der Waals surface area contributed by atoms with Gasteiger partial charge in [-0.2, -0.15) is 0 Å². The Kier molecular flexibility index (Phi) is 16.7. The second kappa shape index (κ2) is 17.5. The fourth-order valence-corrected chi connectivity index (χ4v) is 6.17. The highest BCUT2D eigenvalue weighted by Gasteiger charge is 2.37. The number of rotatable bonds is 19. The Balaban J connectivity index is 2.00. The van der Waals surface area contributed by atoms with Crippen molar-refractivity contribution in [3.05, 3.63) is 0 Å². The van der Waals surface area contributed by atoms with Crippen LogP contribution in [-0.2, 0) is 0 Å². The van der Waals surface area contributed by atoms with Gasteiger partial charge in [-0.15, -0.1) is 0 Å². The van der Waals surface area contributed by atoms with E-state index in [1.54, 1.807) is 0 Å². The van der Waals surface area contributed by atoms with E-state index in [0.29, 0.717) is 0 Å². The molecule has 0 aliphatic carbocycles. The Bertz CT molecular complexity index is 311. The van der Waals surface area contributed by atoms with Gasteiger partial charge in [0.25, 0.3) is 0 Å². The number of halogens is 1. The van der Waals surface area contributed by atoms with Crippen LogP contribution in [0.1, 0.15) is 136 Å². The topological polar surface area (TPSA) is 0 Å². The van der Waals surface area contributed by atoms with Gasteiger partial charge in [-0.3, -0.25) is 0 Å². The summed E-state index contributed by atoms with van der Waals surface area (Å²) in [6.45, 7) is 9.04. The number of unbranched alkanes of at least 4 members (excludes halogenated alkanes) is 14. The zero-order valence-corrected chi connectivity index (χ0v) is 21.1. The maximum atomic E-state index is 2.82. The first kappa shape index (κ1) is 25.7. The largest absolute Gasteiger partial charge is 0.313 e. The summed E-state index contributed by atoms with van der Waals surface area (Å²) >= 11 is 2.82. The highest BCUT2D eigenvalue weighted by Crippen LogP contribution is 2.31. The number of hydrogen-bond acceptors (Lipinski definition) is 0. The molecule has 0 aromatic carbocycles. The van der Waals surface area contributed by atoms with Crippen molar-refractivity contribution >= 4 is 22.6 Å². The molecule has 0 aromatic rings. The second-order valence-corrected chi connectivity index (χ2v) is 10.7. The Labute approximate surface area is 186 Å². The van der Waals surface area contributed by atoms with Crippen LogP contribution in [0.25, 0.3) is 0 Å². The fraction of sp³-hybridized carbons (Fsp3) is 1.00. The molecule has 1 aliphatic heterocycles. The molecule has 162 valence electrons. The molecule has 2 heteroatoms. The van der Waals surface area contributed by atoms with E-state index in [1.807, 2.05) is 0 Å². The van der Waals surface area contributed by atoms with Crippen molar-refractivity contribution in [1.29, 1.82) is 0 Å². The molecule has 0 amide bonds. The third kappa shape index (κ3) is 12.1. The van der Waals surface area contributed by atoms with E-state index < -0.39 is 0 Å². The predicted octanol–water partition coefficient (Wildman–Crippen LogP) is 9.03. The molecular weight excluding hydrogens is 441 g/mol. The number of nitrogens with zero attached hydrogens (tertiary/aromatic N) is 1. The van der Waals surface area contributed by atoms with Gasteiger partial charge < -0.3 is 4.48 Å². The highest BCUT2D eigenvalue weighted by atomic mass is 127. The maximum Gasteiger partial charge on any atom is 0.139 e. The first-order valence-electron chi connectivity index (χ1n) is 12.7. The molecule has 1 saturated heterocycles. The van der Waals surface area contributed by atoms with Gasteiger partial charge in [-0.1, -0.05) is 97.3 Å². The molecule has 1 nitrogen and oxygen atoms in total. The molecule has 0 radical (unpaired) electrons. The predicted molar refractivity (Wildman–Crippen MR) is 132 cm³/mol. The normalized spacial score (nSPS) is 17.4.